The average Bonchev–Trinajstić information content (AvgIpc) is 3.27. The van der Waals surface area contributed by atoms with Crippen molar-refractivity contribution in [1.82, 2.24) is 15.5 Å². The Balaban J connectivity index is 1.48. The van der Waals surface area contributed by atoms with Crippen LogP contribution in [-0.2, 0) is 16.0 Å². The second-order valence-electron chi connectivity index (χ2n) is 6.66. The molecule has 150 valence electrons. The molecule has 3 rings (SSSR count). The lowest BCUT2D eigenvalue weighted by Crippen LogP contribution is -2.35. The normalized spacial score (nSPS) is 16.5. The smallest absolute Gasteiger partial charge is 0.229 e. The monoisotopic (exact) mass is 422 g/mol. The standard InChI is InChI=1S/C19H23ClN4O3S/c1-3-5-15-22-23-19(28-15)24-11-13(10-16(24)25)18(26)21-8-9-27-17-12(2)6-4-7-14(17)20/h4,6-7,13H,3,5,8-11H2,1-2H3,(H,21,26). The second-order valence-corrected chi connectivity index (χ2v) is 8.11. The first-order valence-corrected chi connectivity index (χ1v) is 10.5. The van der Waals surface area contributed by atoms with E-state index in [1.165, 1.54) is 11.3 Å². The number of carbonyl (C=O) groups excluding carboxylic acids is 2. The van der Waals surface area contributed by atoms with Crippen molar-refractivity contribution < 1.29 is 14.3 Å². The van der Waals surface area contributed by atoms with E-state index in [4.69, 9.17) is 16.3 Å². The number of rotatable bonds is 8. The second kappa shape index (κ2) is 9.34. The minimum absolute atomic E-state index is 0.0951. The topological polar surface area (TPSA) is 84.4 Å². The summed E-state index contributed by atoms with van der Waals surface area (Å²) in [6.07, 6.45) is 2.00. The molecule has 9 heteroatoms. The van der Waals surface area contributed by atoms with Crippen molar-refractivity contribution in [2.75, 3.05) is 24.6 Å². The Morgan fingerprint density at radius 1 is 1.43 bits per heavy atom. The Labute approximate surface area is 173 Å². The molecular formula is C19H23ClN4O3S. The number of anilines is 1. The summed E-state index contributed by atoms with van der Waals surface area (Å²) in [6, 6.07) is 5.54. The van der Waals surface area contributed by atoms with Crippen molar-refractivity contribution in [2.45, 2.75) is 33.1 Å². The molecule has 7 nitrogen and oxygen atoms in total. The minimum atomic E-state index is -0.395. The fraction of sp³-hybridized carbons (Fsp3) is 0.474. The number of carbonyl (C=O) groups is 2. The van der Waals surface area contributed by atoms with Gasteiger partial charge in [0.2, 0.25) is 16.9 Å². The summed E-state index contributed by atoms with van der Waals surface area (Å²) in [5.41, 5.74) is 0.940. The first-order chi connectivity index (χ1) is 13.5. The lowest BCUT2D eigenvalue weighted by Gasteiger charge is -2.14. The summed E-state index contributed by atoms with van der Waals surface area (Å²) in [5.74, 6) is -0.0243. The first kappa shape index (κ1) is 20.5. The highest BCUT2D eigenvalue weighted by Crippen LogP contribution is 2.29. The van der Waals surface area contributed by atoms with Crippen LogP contribution in [0.4, 0.5) is 5.13 Å². The van der Waals surface area contributed by atoms with Gasteiger partial charge in [-0.05, 0) is 25.0 Å². The van der Waals surface area contributed by atoms with Crippen LogP contribution in [0, 0.1) is 12.8 Å². The molecule has 1 saturated heterocycles. The van der Waals surface area contributed by atoms with Gasteiger partial charge in [0.25, 0.3) is 0 Å². The lowest BCUT2D eigenvalue weighted by molar-refractivity contribution is -0.126. The molecule has 2 heterocycles. The van der Waals surface area contributed by atoms with E-state index in [-0.39, 0.29) is 18.2 Å². The molecule has 1 aliphatic rings. The van der Waals surface area contributed by atoms with E-state index in [9.17, 15) is 9.59 Å². The van der Waals surface area contributed by atoms with Crippen molar-refractivity contribution in [1.29, 1.82) is 0 Å². The number of ether oxygens (including phenoxy) is 1. The Bertz CT molecular complexity index is 837. The van der Waals surface area contributed by atoms with E-state index >= 15 is 0 Å². The molecule has 28 heavy (non-hydrogen) atoms. The number of aromatic nitrogens is 2. The minimum Gasteiger partial charge on any atom is -0.490 e. The van der Waals surface area contributed by atoms with Gasteiger partial charge in [-0.25, -0.2) is 0 Å². The molecule has 0 aliphatic carbocycles. The number of hydrogen-bond donors (Lipinski definition) is 1. The summed E-state index contributed by atoms with van der Waals surface area (Å²) < 4.78 is 5.68. The highest BCUT2D eigenvalue weighted by Gasteiger charge is 2.36. The maximum Gasteiger partial charge on any atom is 0.229 e. The Hall–Kier alpha value is -2.19. The van der Waals surface area contributed by atoms with Crippen LogP contribution in [0.3, 0.4) is 0 Å². The Morgan fingerprint density at radius 2 is 2.25 bits per heavy atom. The number of aryl methyl sites for hydroxylation is 2. The fourth-order valence-electron chi connectivity index (χ4n) is 3.01. The quantitative estimate of drug-likeness (QED) is 0.661. The molecule has 1 N–H and O–H groups in total. The molecule has 0 bridgehead atoms. The van der Waals surface area contributed by atoms with Crippen LogP contribution in [0.25, 0.3) is 0 Å². The summed E-state index contributed by atoms with van der Waals surface area (Å²) in [7, 11) is 0. The van der Waals surface area contributed by atoms with Crippen molar-refractivity contribution in [3.63, 3.8) is 0 Å². The van der Waals surface area contributed by atoms with Crippen molar-refractivity contribution in [3.8, 4) is 5.75 Å². The number of para-hydroxylation sites is 1. The zero-order valence-electron chi connectivity index (χ0n) is 15.9. The molecule has 2 amide bonds. The van der Waals surface area contributed by atoms with Crippen LogP contribution in [0.2, 0.25) is 5.02 Å². The molecule has 1 aromatic carbocycles. The van der Waals surface area contributed by atoms with Gasteiger partial charge >= 0.3 is 0 Å². The Kier molecular flexibility index (Phi) is 6.85. The van der Waals surface area contributed by atoms with E-state index in [2.05, 4.69) is 22.4 Å². The highest BCUT2D eigenvalue weighted by atomic mass is 35.5. The fourth-order valence-corrected chi connectivity index (χ4v) is 4.25. The number of hydrogen-bond acceptors (Lipinski definition) is 6. The summed E-state index contributed by atoms with van der Waals surface area (Å²) in [5, 5.41) is 13.1. The van der Waals surface area contributed by atoms with Crippen LogP contribution in [0.5, 0.6) is 5.75 Å². The van der Waals surface area contributed by atoms with E-state index in [0.29, 0.717) is 35.6 Å². The third kappa shape index (κ3) is 4.80. The summed E-state index contributed by atoms with van der Waals surface area (Å²) in [4.78, 5) is 26.3. The van der Waals surface area contributed by atoms with Crippen LogP contribution in [-0.4, -0.2) is 41.7 Å². The first-order valence-electron chi connectivity index (χ1n) is 9.28. The average molecular weight is 423 g/mol. The molecule has 2 aromatic rings. The number of nitrogens with zero attached hydrogens (tertiary/aromatic N) is 3. The van der Waals surface area contributed by atoms with Crippen LogP contribution in [0.1, 0.15) is 30.3 Å². The van der Waals surface area contributed by atoms with Crippen LogP contribution in [0.15, 0.2) is 18.2 Å². The van der Waals surface area contributed by atoms with Gasteiger partial charge in [0.15, 0.2) is 0 Å². The molecule has 0 spiro atoms. The van der Waals surface area contributed by atoms with Gasteiger partial charge in [-0.1, -0.05) is 42.0 Å². The van der Waals surface area contributed by atoms with Gasteiger partial charge < -0.3 is 10.1 Å². The summed E-state index contributed by atoms with van der Waals surface area (Å²) >= 11 is 7.53. The molecule has 1 unspecified atom stereocenters. The van der Waals surface area contributed by atoms with E-state index < -0.39 is 5.92 Å². The van der Waals surface area contributed by atoms with Crippen molar-refractivity contribution in [2.24, 2.45) is 5.92 Å². The van der Waals surface area contributed by atoms with Crippen LogP contribution < -0.4 is 15.0 Å². The number of halogens is 1. The van der Waals surface area contributed by atoms with Gasteiger partial charge in [0, 0.05) is 19.4 Å². The molecule has 0 saturated carbocycles. The van der Waals surface area contributed by atoms with Gasteiger partial charge in [-0.2, -0.15) is 0 Å². The molecular weight excluding hydrogens is 400 g/mol. The predicted octanol–water partition coefficient (Wildman–Crippen LogP) is 3.00. The van der Waals surface area contributed by atoms with Crippen molar-refractivity contribution >= 4 is 39.9 Å². The molecule has 1 aliphatic heterocycles. The van der Waals surface area contributed by atoms with E-state index in [1.54, 1.807) is 11.0 Å². The van der Waals surface area contributed by atoms with Crippen molar-refractivity contribution in [3.05, 3.63) is 33.8 Å². The maximum atomic E-state index is 12.4. The van der Waals surface area contributed by atoms with Gasteiger partial charge in [0.05, 0.1) is 17.5 Å². The number of benzene rings is 1. The van der Waals surface area contributed by atoms with E-state index in [1.807, 2.05) is 19.1 Å². The van der Waals surface area contributed by atoms with E-state index in [0.717, 1.165) is 23.4 Å². The number of nitrogens with one attached hydrogen (secondary N) is 1. The Morgan fingerprint density at radius 3 is 3.00 bits per heavy atom. The van der Waals surface area contributed by atoms with Gasteiger partial charge in [-0.15, -0.1) is 10.2 Å². The zero-order chi connectivity index (χ0) is 20.1. The van der Waals surface area contributed by atoms with Crippen LogP contribution >= 0.6 is 22.9 Å². The number of amides is 2. The highest BCUT2D eigenvalue weighted by molar-refractivity contribution is 7.15. The third-order valence-corrected chi connectivity index (χ3v) is 5.76. The SMILES string of the molecule is CCCc1nnc(N2CC(C(=O)NCCOc3c(C)cccc3Cl)CC2=O)s1. The third-order valence-electron chi connectivity index (χ3n) is 4.46. The molecule has 1 atom stereocenters. The largest absolute Gasteiger partial charge is 0.490 e. The molecule has 1 fully saturated rings. The summed E-state index contributed by atoms with van der Waals surface area (Å²) in [6.45, 7) is 4.96. The molecule has 0 radical (unpaired) electrons. The maximum absolute atomic E-state index is 12.4. The predicted molar refractivity (Wildman–Crippen MR) is 109 cm³/mol. The van der Waals surface area contributed by atoms with Gasteiger partial charge in [-0.3, -0.25) is 14.5 Å². The lowest BCUT2D eigenvalue weighted by atomic mass is 10.1. The van der Waals surface area contributed by atoms with Gasteiger partial charge in [0.1, 0.15) is 17.4 Å². The molecule has 1 aromatic heterocycles. The zero-order valence-corrected chi connectivity index (χ0v) is 17.5.